The van der Waals surface area contributed by atoms with Crippen molar-refractivity contribution in [2.75, 3.05) is 6.54 Å². The van der Waals surface area contributed by atoms with E-state index in [1.807, 2.05) is 25.7 Å². The van der Waals surface area contributed by atoms with Crippen LogP contribution in [0.2, 0.25) is 5.02 Å². The van der Waals surface area contributed by atoms with Crippen molar-refractivity contribution >= 4 is 28.4 Å². The lowest BCUT2D eigenvalue weighted by Gasteiger charge is -2.30. The molecule has 0 fully saturated rings. The maximum atomic E-state index is 12.9. The van der Waals surface area contributed by atoms with E-state index in [-0.39, 0.29) is 17.5 Å². The van der Waals surface area contributed by atoms with Gasteiger partial charge in [-0.2, -0.15) is 0 Å². The van der Waals surface area contributed by atoms with Gasteiger partial charge >= 0.3 is 0 Å². The minimum absolute atomic E-state index is 0.0885. The van der Waals surface area contributed by atoms with Crippen LogP contribution in [-0.4, -0.2) is 26.9 Å². The molecule has 1 unspecified atom stereocenters. The molecule has 1 heterocycles. The second kappa shape index (κ2) is 9.17. The zero-order chi connectivity index (χ0) is 19.3. The van der Waals surface area contributed by atoms with E-state index in [9.17, 15) is 9.59 Å². The van der Waals surface area contributed by atoms with Gasteiger partial charge in [0.25, 0.3) is 5.56 Å². The van der Waals surface area contributed by atoms with Crippen molar-refractivity contribution in [3.63, 3.8) is 0 Å². The first-order valence-corrected chi connectivity index (χ1v) is 9.81. The van der Waals surface area contributed by atoms with Crippen LogP contribution < -0.4 is 5.56 Å². The summed E-state index contributed by atoms with van der Waals surface area (Å²) in [7, 11) is 0. The Morgan fingerprint density at radius 2 is 2.00 bits per heavy atom. The highest BCUT2D eigenvalue weighted by atomic mass is 35.5. The van der Waals surface area contributed by atoms with Gasteiger partial charge in [0.15, 0.2) is 0 Å². The van der Waals surface area contributed by atoms with Gasteiger partial charge < -0.3 is 4.90 Å². The van der Waals surface area contributed by atoms with Gasteiger partial charge in [0, 0.05) is 24.5 Å². The van der Waals surface area contributed by atoms with E-state index in [1.54, 1.807) is 22.8 Å². The number of hydrogen-bond donors (Lipinski definition) is 0. The summed E-state index contributed by atoms with van der Waals surface area (Å²) in [6.45, 7) is 9.15. The molecule has 0 radical (unpaired) electrons. The molecule has 0 spiro atoms. The van der Waals surface area contributed by atoms with Crippen molar-refractivity contribution in [2.24, 2.45) is 0 Å². The molecule has 2 rings (SSSR count). The molecule has 142 valence electrons. The predicted molar refractivity (Wildman–Crippen MR) is 107 cm³/mol. The number of amides is 1. The molecule has 26 heavy (non-hydrogen) atoms. The molecule has 2 aromatic rings. The number of rotatable bonds is 8. The third-order valence-corrected chi connectivity index (χ3v) is 4.88. The fourth-order valence-electron chi connectivity index (χ4n) is 3.20. The smallest absolute Gasteiger partial charge is 0.261 e. The summed E-state index contributed by atoms with van der Waals surface area (Å²) in [6.07, 6.45) is 3.23. The number of carbonyl (C=O) groups is 1. The quantitative estimate of drug-likeness (QED) is 0.677. The fourth-order valence-corrected chi connectivity index (χ4v) is 3.36. The summed E-state index contributed by atoms with van der Waals surface area (Å²) >= 11 is 6.09. The molecular formula is C20H28ClN3O2. The topological polar surface area (TPSA) is 55.2 Å². The lowest BCUT2D eigenvalue weighted by Crippen LogP contribution is -2.38. The summed E-state index contributed by atoms with van der Waals surface area (Å²) < 4.78 is 1.67. The van der Waals surface area contributed by atoms with E-state index < -0.39 is 0 Å². The number of benzene rings is 1. The van der Waals surface area contributed by atoms with Crippen molar-refractivity contribution in [2.45, 2.75) is 66.0 Å². The molecule has 1 atom stereocenters. The van der Waals surface area contributed by atoms with E-state index >= 15 is 0 Å². The van der Waals surface area contributed by atoms with Crippen LogP contribution in [0.1, 0.15) is 65.2 Å². The maximum absolute atomic E-state index is 12.9. The van der Waals surface area contributed by atoms with Gasteiger partial charge in [-0.3, -0.25) is 14.2 Å². The van der Waals surface area contributed by atoms with E-state index in [0.717, 1.165) is 19.3 Å². The molecule has 0 saturated carbocycles. The Balaban J connectivity index is 2.57. The van der Waals surface area contributed by atoms with Crippen LogP contribution >= 0.6 is 11.6 Å². The van der Waals surface area contributed by atoms with Gasteiger partial charge in [0.05, 0.1) is 16.9 Å². The van der Waals surface area contributed by atoms with Crippen molar-refractivity contribution in [3.05, 3.63) is 39.4 Å². The Kier molecular flexibility index (Phi) is 7.21. The minimum atomic E-state index is -0.267. The SMILES string of the molecule is CCCCN(C(=O)CCC)C(C)c1nc2cc(Cl)ccc2c(=O)n1CC. The molecule has 1 amide bonds. The van der Waals surface area contributed by atoms with Crippen LogP contribution in [0.25, 0.3) is 10.9 Å². The fraction of sp³-hybridized carbons (Fsp3) is 0.550. The normalized spacial score (nSPS) is 12.3. The average Bonchev–Trinajstić information content (AvgIpc) is 2.61. The maximum Gasteiger partial charge on any atom is 0.261 e. The van der Waals surface area contributed by atoms with Crippen LogP contribution in [0.3, 0.4) is 0 Å². The average molecular weight is 378 g/mol. The predicted octanol–water partition coefficient (Wildman–Crippen LogP) is 4.56. The van der Waals surface area contributed by atoms with Gasteiger partial charge in [0.2, 0.25) is 5.91 Å². The highest BCUT2D eigenvalue weighted by Crippen LogP contribution is 2.23. The van der Waals surface area contributed by atoms with Crippen molar-refractivity contribution in [1.82, 2.24) is 14.5 Å². The lowest BCUT2D eigenvalue weighted by atomic mass is 10.1. The zero-order valence-electron chi connectivity index (χ0n) is 16.1. The second-order valence-electron chi connectivity index (χ2n) is 6.55. The van der Waals surface area contributed by atoms with Crippen LogP contribution in [0, 0.1) is 0 Å². The number of hydrogen-bond acceptors (Lipinski definition) is 3. The van der Waals surface area contributed by atoms with Gasteiger partial charge in [-0.25, -0.2) is 4.98 Å². The van der Waals surface area contributed by atoms with Crippen molar-refractivity contribution in [1.29, 1.82) is 0 Å². The molecule has 5 nitrogen and oxygen atoms in total. The van der Waals surface area contributed by atoms with Crippen LogP contribution in [0.4, 0.5) is 0 Å². The van der Waals surface area contributed by atoms with E-state index in [1.165, 1.54) is 0 Å². The first kappa shape index (κ1) is 20.4. The molecule has 0 bridgehead atoms. The van der Waals surface area contributed by atoms with E-state index in [4.69, 9.17) is 16.6 Å². The summed E-state index contributed by atoms with van der Waals surface area (Å²) in [5, 5.41) is 1.09. The number of unbranched alkanes of at least 4 members (excludes halogenated alkanes) is 1. The molecule has 1 aromatic carbocycles. The zero-order valence-corrected chi connectivity index (χ0v) is 16.8. The summed E-state index contributed by atoms with van der Waals surface area (Å²) in [4.78, 5) is 32.1. The molecule has 0 aliphatic carbocycles. The number of carbonyl (C=O) groups excluding carboxylic acids is 1. The van der Waals surface area contributed by atoms with Gasteiger partial charge in [-0.1, -0.05) is 31.9 Å². The molecule has 0 N–H and O–H groups in total. The van der Waals surface area contributed by atoms with Crippen LogP contribution in [-0.2, 0) is 11.3 Å². The molecule has 0 aliphatic rings. The lowest BCUT2D eigenvalue weighted by molar-refractivity contribution is -0.133. The molecule has 0 saturated heterocycles. The Morgan fingerprint density at radius 1 is 1.27 bits per heavy atom. The number of halogens is 1. The third-order valence-electron chi connectivity index (χ3n) is 4.64. The Hall–Kier alpha value is -1.88. The molecular weight excluding hydrogens is 350 g/mol. The summed E-state index contributed by atoms with van der Waals surface area (Å²) in [5.41, 5.74) is 0.488. The first-order chi connectivity index (χ1) is 12.4. The standard InChI is InChI=1S/C20H28ClN3O2/c1-5-8-12-24(18(25)9-6-2)14(4)19-22-17-13-15(21)10-11-16(17)20(26)23(19)7-3/h10-11,13-14H,5-9,12H2,1-4H3. The van der Waals surface area contributed by atoms with E-state index in [0.29, 0.717) is 41.3 Å². The third kappa shape index (κ3) is 4.26. The molecule has 1 aromatic heterocycles. The van der Waals surface area contributed by atoms with Crippen molar-refractivity contribution in [3.8, 4) is 0 Å². The first-order valence-electron chi connectivity index (χ1n) is 9.43. The van der Waals surface area contributed by atoms with Gasteiger partial charge in [-0.05, 0) is 44.9 Å². The molecule has 6 heteroatoms. The molecule has 0 aliphatic heterocycles. The highest BCUT2D eigenvalue weighted by Gasteiger charge is 2.25. The summed E-state index contributed by atoms with van der Waals surface area (Å²) in [5.74, 6) is 0.726. The second-order valence-corrected chi connectivity index (χ2v) is 6.98. The van der Waals surface area contributed by atoms with Gasteiger partial charge in [0.1, 0.15) is 5.82 Å². The van der Waals surface area contributed by atoms with E-state index in [2.05, 4.69) is 6.92 Å². The number of nitrogens with zero attached hydrogens (tertiary/aromatic N) is 3. The van der Waals surface area contributed by atoms with Crippen LogP contribution in [0.15, 0.2) is 23.0 Å². The Labute approximate surface area is 160 Å². The Bertz CT molecular complexity index is 832. The monoisotopic (exact) mass is 377 g/mol. The van der Waals surface area contributed by atoms with Crippen LogP contribution in [0.5, 0.6) is 0 Å². The highest BCUT2D eigenvalue weighted by molar-refractivity contribution is 6.31. The number of aromatic nitrogens is 2. The van der Waals surface area contributed by atoms with Gasteiger partial charge in [-0.15, -0.1) is 0 Å². The minimum Gasteiger partial charge on any atom is -0.333 e. The largest absolute Gasteiger partial charge is 0.333 e. The Morgan fingerprint density at radius 3 is 2.62 bits per heavy atom. The number of fused-ring (bicyclic) bond motifs is 1. The van der Waals surface area contributed by atoms with Crippen molar-refractivity contribution < 1.29 is 4.79 Å². The summed E-state index contributed by atoms with van der Waals surface area (Å²) in [6, 6.07) is 4.86.